The topological polar surface area (TPSA) is 12.0 Å². The van der Waals surface area contributed by atoms with Crippen LogP contribution in [0.15, 0.2) is 11.4 Å². The molecule has 2 heteroatoms. The van der Waals surface area contributed by atoms with E-state index in [9.17, 15) is 0 Å². The van der Waals surface area contributed by atoms with E-state index >= 15 is 0 Å². The first-order valence-corrected chi connectivity index (χ1v) is 8.44. The van der Waals surface area contributed by atoms with Crippen LogP contribution in [0.25, 0.3) is 0 Å². The maximum Gasteiger partial charge on any atom is 0.0304 e. The Morgan fingerprint density at radius 2 is 1.94 bits per heavy atom. The van der Waals surface area contributed by atoms with Crippen molar-refractivity contribution < 1.29 is 0 Å². The Hall–Kier alpha value is -0.340. The molecule has 18 heavy (non-hydrogen) atoms. The predicted molar refractivity (Wildman–Crippen MR) is 83.4 cm³/mol. The van der Waals surface area contributed by atoms with Crippen molar-refractivity contribution in [3.8, 4) is 0 Å². The Morgan fingerprint density at radius 1 is 1.17 bits per heavy atom. The Balaban J connectivity index is 2.11. The predicted octanol–water partition coefficient (Wildman–Crippen LogP) is 5.15. The molecule has 1 heterocycles. The molecule has 1 N–H and O–H groups in total. The second-order valence-corrected chi connectivity index (χ2v) is 6.21. The van der Waals surface area contributed by atoms with Crippen molar-refractivity contribution >= 4 is 11.3 Å². The highest BCUT2D eigenvalue weighted by molar-refractivity contribution is 7.10. The van der Waals surface area contributed by atoms with Crippen LogP contribution in [0.5, 0.6) is 0 Å². The minimum Gasteiger partial charge on any atom is -0.309 e. The fourth-order valence-corrected chi connectivity index (χ4v) is 3.19. The fraction of sp³-hybridized carbons (Fsp3) is 0.750. The lowest BCUT2D eigenvalue weighted by molar-refractivity contribution is 0.481. The van der Waals surface area contributed by atoms with Crippen LogP contribution < -0.4 is 5.32 Å². The number of nitrogens with one attached hydrogen (secondary N) is 1. The zero-order valence-electron chi connectivity index (χ0n) is 12.3. The van der Waals surface area contributed by atoms with Gasteiger partial charge in [0, 0.05) is 17.5 Å². The van der Waals surface area contributed by atoms with Gasteiger partial charge in [0.15, 0.2) is 0 Å². The summed E-state index contributed by atoms with van der Waals surface area (Å²) in [6, 6.07) is 2.91. The second kappa shape index (κ2) is 9.57. The van der Waals surface area contributed by atoms with Crippen molar-refractivity contribution in [1.82, 2.24) is 5.32 Å². The molecule has 0 aromatic carbocycles. The number of aryl methyl sites for hydroxylation is 1. The minimum absolute atomic E-state index is 0.651. The number of rotatable bonds is 10. The molecule has 0 radical (unpaired) electrons. The van der Waals surface area contributed by atoms with E-state index in [4.69, 9.17) is 0 Å². The van der Waals surface area contributed by atoms with Crippen molar-refractivity contribution in [2.45, 2.75) is 78.3 Å². The highest BCUT2D eigenvalue weighted by Gasteiger charge is 2.05. The van der Waals surface area contributed by atoms with Crippen LogP contribution in [-0.4, -0.2) is 6.04 Å². The van der Waals surface area contributed by atoms with Crippen molar-refractivity contribution in [1.29, 1.82) is 0 Å². The summed E-state index contributed by atoms with van der Waals surface area (Å²) < 4.78 is 0. The Bertz CT molecular complexity index is 306. The normalized spacial score (nSPS) is 12.8. The van der Waals surface area contributed by atoms with Crippen molar-refractivity contribution in [3.63, 3.8) is 0 Å². The molecule has 1 atom stereocenters. The van der Waals surface area contributed by atoms with Gasteiger partial charge < -0.3 is 5.32 Å². The maximum absolute atomic E-state index is 3.66. The molecule has 1 unspecified atom stereocenters. The molecule has 0 aliphatic carbocycles. The summed E-state index contributed by atoms with van der Waals surface area (Å²) in [4.78, 5) is 1.52. The van der Waals surface area contributed by atoms with E-state index in [1.807, 2.05) is 11.3 Å². The molecule has 104 valence electrons. The molecule has 0 bridgehead atoms. The summed E-state index contributed by atoms with van der Waals surface area (Å²) in [7, 11) is 0. The van der Waals surface area contributed by atoms with E-state index < -0.39 is 0 Å². The highest BCUT2D eigenvalue weighted by atomic mass is 32.1. The zero-order chi connectivity index (χ0) is 13.2. The summed E-state index contributed by atoms with van der Waals surface area (Å²) >= 11 is 1.89. The minimum atomic E-state index is 0.651. The van der Waals surface area contributed by atoms with Crippen LogP contribution in [0, 0.1) is 0 Å². The molecule has 0 saturated heterocycles. The Labute approximate surface area is 117 Å². The van der Waals surface area contributed by atoms with E-state index in [2.05, 4.69) is 37.5 Å². The van der Waals surface area contributed by atoms with Gasteiger partial charge >= 0.3 is 0 Å². The molecule has 0 amide bonds. The molecule has 0 aliphatic heterocycles. The van der Waals surface area contributed by atoms with Crippen LogP contribution in [-0.2, 0) is 13.0 Å². The highest BCUT2D eigenvalue weighted by Crippen LogP contribution is 2.17. The lowest BCUT2D eigenvalue weighted by Gasteiger charge is -2.13. The van der Waals surface area contributed by atoms with Gasteiger partial charge in [0.05, 0.1) is 0 Å². The van der Waals surface area contributed by atoms with Gasteiger partial charge in [-0.3, -0.25) is 0 Å². The van der Waals surface area contributed by atoms with Gasteiger partial charge in [-0.25, -0.2) is 0 Å². The summed E-state index contributed by atoms with van der Waals surface area (Å²) in [5.41, 5.74) is 1.52. The largest absolute Gasteiger partial charge is 0.309 e. The lowest BCUT2D eigenvalue weighted by atomic mass is 10.1. The van der Waals surface area contributed by atoms with Gasteiger partial charge in [0.25, 0.3) is 0 Å². The van der Waals surface area contributed by atoms with Crippen LogP contribution in [0.1, 0.15) is 69.7 Å². The molecule has 0 saturated carbocycles. The van der Waals surface area contributed by atoms with Crippen molar-refractivity contribution in [3.05, 3.63) is 21.9 Å². The summed E-state index contributed by atoms with van der Waals surface area (Å²) in [6.07, 6.45) is 9.40. The van der Waals surface area contributed by atoms with Crippen LogP contribution in [0.4, 0.5) is 0 Å². The maximum atomic E-state index is 3.66. The molecule has 1 aromatic rings. The Kier molecular flexibility index (Phi) is 8.36. The molecular weight excluding hydrogens is 238 g/mol. The average molecular weight is 267 g/mol. The quantitative estimate of drug-likeness (QED) is 0.578. The first-order chi connectivity index (χ1) is 8.77. The molecule has 1 aromatic heterocycles. The van der Waals surface area contributed by atoms with Gasteiger partial charge in [0.1, 0.15) is 0 Å². The van der Waals surface area contributed by atoms with Gasteiger partial charge in [0.2, 0.25) is 0 Å². The average Bonchev–Trinajstić information content (AvgIpc) is 2.83. The van der Waals surface area contributed by atoms with Gasteiger partial charge in [-0.2, -0.15) is 0 Å². The first kappa shape index (κ1) is 15.7. The van der Waals surface area contributed by atoms with Crippen LogP contribution in [0.2, 0.25) is 0 Å². The van der Waals surface area contributed by atoms with Gasteiger partial charge in [-0.15, -0.1) is 11.3 Å². The zero-order valence-corrected chi connectivity index (χ0v) is 13.1. The van der Waals surface area contributed by atoms with Crippen molar-refractivity contribution in [2.24, 2.45) is 0 Å². The van der Waals surface area contributed by atoms with E-state index in [-0.39, 0.29) is 0 Å². The molecule has 1 nitrogen and oxygen atoms in total. The fourth-order valence-electron chi connectivity index (χ4n) is 2.26. The molecule has 0 spiro atoms. The first-order valence-electron chi connectivity index (χ1n) is 7.56. The number of hydrogen-bond acceptors (Lipinski definition) is 2. The molecule has 0 aliphatic rings. The SMILES string of the molecule is CCCCCCCC(C)NCc1sccc1CC. The molecule has 1 rings (SSSR count). The third-order valence-electron chi connectivity index (χ3n) is 3.57. The van der Waals surface area contributed by atoms with E-state index in [0.717, 1.165) is 13.0 Å². The van der Waals surface area contributed by atoms with E-state index in [1.165, 1.54) is 49.0 Å². The third-order valence-corrected chi connectivity index (χ3v) is 4.53. The Morgan fingerprint density at radius 3 is 2.67 bits per heavy atom. The number of thiophene rings is 1. The smallest absolute Gasteiger partial charge is 0.0304 e. The van der Waals surface area contributed by atoms with E-state index in [1.54, 1.807) is 0 Å². The standard InChI is InChI=1S/C16H29NS/c1-4-6-7-8-9-10-14(3)17-13-16-15(5-2)11-12-18-16/h11-12,14,17H,4-10,13H2,1-3H3. The van der Waals surface area contributed by atoms with Crippen LogP contribution in [0.3, 0.4) is 0 Å². The van der Waals surface area contributed by atoms with Gasteiger partial charge in [-0.1, -0.05) is 46.0 Å². The molecular formula is C16H29NS. The second-order valence-electron chi connectivity index (χ2n) is 5.21. The summed E-state index contributed by atoms with van der Waals surface area (Å²) in [5.74, 6) is 0. The lowest BCUT2D eigenvalue weighted by Crippen LogP contribution is -2.25. The number of hydrogen-bond donors (Lipinski definition) is 1. The van der Waals surface area contributed by atoms with E-state index in [0.29, 0.717) is 6.04 Å². The summed E-state index contributed by atoms with van der Waals surface area (Å²) in [5, 5.41) is 5.87. The summed E-state index contributed by atoms with van der Waals surface area (Å²) in [6.45, 7) is 7.88. The van der Waals surface area contributed by atoms with Crippen LogP contribution >= 0.6 is 11.3 Å². The molecule has 0 fully saturated rings. The van der Waals surface area contributed by atoms with Crippen molar-refractivity contribution in [2.75, 3.05) is 0 Å². The third kappa shape index (κ3) is 6.01. The number of unbranched alkanes of at least 4 members (excludes halogenated alkanes) is 4. The van der Waals surface area contributed by atoms with Gasteiger partial charge in [-0.05, 0) is 36.8 Å². The monoisotopic (exact) mass is 267 g/mol.